The number of halogens is 2. The summed E-state index contributed by atoms with van der Waals surface area (Å²) < 4.78 is 1.15. The van der Waals surface area contributed by atoms with Crippen LogP contribution in [0.5, 0.6) is 0 Å². The molecular formula is C13H13BrClNS. The molecule has 0 saturated carbocycles. The van der Waals surface area contributed by atoms with Crippen LogP contribution in [0, 0.1) is 0 Å². The largest absolute Gasteiger partial charge is 0.307 e. The van der Waals surface area contributed by atoms with Crippen LogP contribution in [0.3, 0.4) is 0 Å². The van der Waals surface area contributed by atoms with Gasteiger partial charge in [0, 0.05) is 5.02 Å². The minimum Gasteiger partial charge on any atom is -0.307 e. The molecular weight excluding hydrogens is 318 g/mol. The van der Waals surface area contributed by atoms with Crippen LogP contribution in [-0.2, 0) is 0 Å². The van der Waals surface area contributed by atoms with Crippen molar-refractivity contribution < 1.29 is 0 Å². The lowest BCUT2D eigenvalue weighted by Gasteiger charge is -2.17. The average molecular weight is 331 g/mol. The smallest absolute Gasteiger partial charge is 0.0701 e. The second kappa shape index (κ2) is 6.01. The van der Waals surface area contributed by atoms with Crippen molar-refractivity contribution in [3.8, 4) is 0 Å². The van der Waals surface area contributed by atoms with Crippen molar-refractivity contribution in [2.24, 2.45) is 0 Å². The van der Waals surface area contributed by atoms with Gasteiger partial charge < -0.3 is 5.32 Å². The quantitative estimate of drug-likeness (QED) is 0.844. The van der Waals surface area contributed by atoms with E-state index in [4.69, 9.17) is 11.6 Å². The molecule has 1 atom stereocenters. The Balaban J connectivity index is 2.35. The van der Waals surface area contributed by atoms with Crippen LogP contribution in [0.2, 0.25) is 5.02 Å². The summed E-state index contributed by atoms with van der Waals surface area (Å²) in [5.74, 6) is 0. The zero-order valence-electron chi connectivity index (χ0n) is 9.41. The van der Waals surface area contributed by atoms with Crippen LogP contribution in [0.15, 0.2) is 39.5 Å². The molecule has 1 nitrogen and oxygen atoms in total. The van der Waals surface area contributed by atoms with Crippen molar-refractivity contribution in [1.29, 1.82) is 0 Å². The van der Waals surface area contributed by atoms with E-state index in [2.05, 4.69) is 45.7 Å². The Morgan fingerprint density at radius 2 is 2.18 bits per heavy atom. The summed E-state index contributed by atoms with van der Waals surface area (Å²) in [7, 11) is 0. The molecule has 0 aliphatic carbocycles. The van der Waals surface area contributed by atoms with Crippen molar-refractivity contribution in [2.75, 3.05) is 6.54 Å². The fraction of sp³-hybridized carbons (Fsp3) is 0.231. The number of nitrogens with one attached hydrogen (secondary N) is 1. The number of benzene rings is 1. The van der Waals surface area contributed by atoms with Gasteiger partial charge in [0.1, 0.15) is 0 Å². The third-order valence-corrected chi connectivity index (χ3v) is 4.27. The molecule has 1 heterocycles. The van der Waals surface area contributed by atoms with E-state index in [-0.39, 0.29) is 6.04 Å². The molecule has 0 saturated heterocycles. The van der Waals surface area contributed by atoms with Crippen LogP contribution < -0.4 is 5.32 Å². The number of hydrogen-bond donors (Lipinski definition) is 1. The van der Waals surface area contributed by atoms with E-state index in [9.17, 15) is 0 Å². The molecule has 2 aromatic rings. The maximum Gasteiger partial charge on any atom is 0.0701 e. The first kappa shape index (κ1) is 13.1. The van der Waals surface area contributed by atoms with E-state index in [1.54, 1.807) is 11.3 Å². The van der Waals surface area contributed by atoms with Crippen LogP contribution in [-0.4, -0.2) is 6.54 Å². The van der Waals surface area contributed by atoms with Crippen molar-refractivity contribution >= 4 is 38.9 Å². The monoisotopic (exact) mass is 329 g/mol. The SMILES string of the molecule is CCNC(c1cccc(Cl)c1)c1csc(Br)c1. The average Bonchev–Trinajstić information content (AvgIpc) is 2.72. The summed E-state index contributed by atoms with van der Waals surface area (Å²) in [5.41, 5.74) is 2.47. The van der Waals surface area contributed by atoms with Gasteiger partial charge in [0.25, 0.3) is 0 Å². The van der Waals surface area contributed by atoms with E-state index in [1.165, 1.54) is 11.1 Å². The molecule has 0 aliphatic rings. The zero-order valence-corrected chi connectivity index (χ0v) is 12.6. The Morgan fingerprint density at radius 1 is 1.35 bits per heavy atom. The van der Waals surface area contributed by atoms with Crippen LogP contribution in [0.1, 0.15) is 24.1 Å². The molecule has 90 valence electrons. The predicted molar refractivity (Wildman–Crippen MR) is 79.0 cm³/mol. The molecule has 0 aliphatic heterocycles. The summed E-state index contributed by atoms with van der Waals surface area (Å²) in [5, 5.41) is 6.43. The Hall–Kier alpha value is -0.350. The lowest BCUT2D eigenvalue weighted by atomic mass is 10.0. The number of rotatable bonds is 4. The van der Waals surface area contributed by atoms with Gasteiger partial charge in [-0.15, -0.1) is 11.3 Å². The van der Waals surface area contributed by atoms with E-state index in [0.29, 0.717) is 0 Å². The third kappa shape index (κ3) is 3.32. The van der Waals surface area contributed by atoms with E-state index in [0.717, 1.165) is 15.4 Å². The highest BCUT2D eigenvalue weighted by Gasteiger charge is 2.14. The lowest BCUT2D eigenvalue weighted by molar-refractivity contribution is 0.632. The molecule has 0 spiro atoms. The first-order valence-corrected chi connectivity index (χ1v) is 7.48. The highest BCUT2D eigenvalue weighted by atomic mass is 79.9. The summed E-state index contributed by atoms with van der Waals surface area (Å²) in [6, 6.07) is 10.4. The normalized spacial score (nSPS) is 12.6. The molecule has 1 aromatic carbocycles. The first-order valence-electron chi connectivity index (χ1n) is 5.43. The van der Waals surface area contributed by atoms with Gasteiger partial charge in [0.15, 0.2) is 0 Å². The second-order valence-electron chi connectivity index (χ2n) is 3.73. The summed E-state index contributed by atoms with van der Waals surface area (Å²) in [4.78, 5) is 0. The minimum absolute atomic E-state index is 0.209. The molecule has 0 radical (unpaired) electrons. The van der Waals surface area contributed by atoms with Crippen molar-refractivity contribution in [2.45, 2.75) is 13.0 Å². The van der Waals surface area contributed by atoms with Gasteiger partial charge in [-0.3, -0.25) is 0 Å². The van der Waals surface area contributed by atoms with Gasteiger partial charge in [0.2, 0.25) is 0 Å². The van der Waals surface area contributed by atoms with Gasteiger partial charge >= 0.3 is 0 Å². The molecule has 1 unspecified atom stereocenters. The fourth-order valence-corrected chi connectivity index (χ4v) is 3.19. The maximum atomic E-state index is 6.05. The lowest BCUT2D eigenvalue weighted by Crippen LogP contribution is -2.21. The maximum absolute atomic E-state index is 6.05. The Labute approximate surface area is 119 Å². The van der Waals surface area contributed by atoms with Gasteiger partial charge in [0.05, 0.1) is 9.83 Å². The van der Waals surface area contributed by atoms with Gasteiger partial charge in [-0.2, -0.15) is 0 Å². The molecule has 1 N–H and O–H groups in total. The van der Waals surface area contributed by atoms with E-state index >= 15 is 0 Å². The van der Waals surface area contributed by atoms with Crippen LogP contribution in [0.4, 0.5) is 0 Å². The molecule has 4 heteroatoms. The van der Waals surface area contributed by atoms with E-state index < -0.39 is 0 Å². The molecule has 2 rings (SSSR count). The number of hydrogen-bond acceptors (Lipinski definition) is 2. The zero-order chi connectivity index (χ0) is 12.3. The Morgan fingerprint density at radius 3 is 2.76 bits per heavy atom. The highest BCUT2D eigenvalue weighted by Crippen LogP contribution is 2.30. The van der Waals surface area contributed by atoms with E-state index in [1.807, 2.05) is 18.2 Å². The standard InChI is InChI=1S/C13H13BrClNS/c1-2-16-13(10-7-12(14)17-8-10)9-4-3-5-11(15)6-9/h3-8,13,16H,2H2,1H3. The van der Waals surface area contributed by atoms with Crippen molar-refractivity contribution in [3.63, 3.8) is 0 Å². The van der Waals surface area contributed by atoms with Crippen molar-refractivity contribution in [1.82, 2.24) is 5.32 Å². The Bertz CT molecular complexity index is 498. The number of thiophene rings is 1. The van der Waals surface area contributed by atoms with Crippen LogP contribution in [0.25, 0.3) is 0 Å². The third-order valence-electron chi connectivity index (χ3n) is 2.51. The predicted octanol–water partition coefficient (Wildman–Crippen LogP) is 4.86. The highest BCUT2D eigenvalue weighted by molar-refractivity contribution is 9.11. The van der Waals surface area contributed by atoms with Crippen molar-refractivity contribution in [3.05, 3.63) is 55.6 Å². The Kier molecular flexibility index (Phi) is 4.62. The molecule has 0 fully saturated rings. The molecule has 0 amide bonds. The van der Waals surface area contributed by atoms with Gasteiger partial charge in [-0.25, -0.2) is 0 Å². The summed E-state index contributed by atoms with van der Waals surface area (Å²) in [6.45, 7) is 3.03. The summed E-state index contributed by atoms with van der Waals surface area (Å²) in [6.07, 6.45) is 0. The fourth-order valence-electron chi connectivity index (χ4n) is 1.79. The van der Waals surface area contributed by atoms with Gasteiger partial charge in [-0.05, 0) is 57.2 Å². The summed E-state index contributed by atoms with van der Waals surface area (Å²) >= 11 is 11.3. The molecule has 0 bridgehead atoms. The van der Waals surface area contributed by atoms with Gasteiger partial charge in [-0.1, -0.05) is 30.7 Å². The first-order chi connectivity index (χ1) is 8.20. The molecule has 17 heavy (non-hydrogen) atoms. The van der Waals surface area contributed by atoms with Crippen LogP contribution >= 0.6 is 38.9 Å². The minimum atomic E-state index is 0.209. The molecule has 1 aromatic heterocycles. The second-order valence-corrected chi connectivity index (χ2v) is 6.46. The topological polar surface area (TPSA) is 12.0 Å².